The van der Waals surface area contributed by atoms with Gasteiger partial charge < -0.3 is 25.0 Å². The maximum Gasteiger partial charge on any atom is 0.410 e. The largest absolute Gasteiger partial charge is 0.450 e. The van der Waals surface area contributed by atoms with E-state index in [1.54, 1.807) is 36.1 Å². The van der Waals surface area contributed by atoms with Gasteiger partial charge in [0.15, 0.2) is 0 Å². The molecule has 0 saturated heterocycles. The number of carbonyl (C=O) groups excluding carboxylic acids is 2. The molecule has 0 radical (unpaired) electrons. The number of nitro benzene ring substituents is 2. The summed E-state index contributed by atoms with van der Waals surface area (Å²) < 4.78 is 10.8. The van der Waals surface area contributed by atoms with Crippen LogP contribution in [0.5, 0.6) is 11.5 Å². The Hall–Kier alpha value is -4.72. The van der Waals surface area contributed by atoms with E-state index in [1.165, 1.54) is 17.4 Å². The summed E-state index contributed by atoms with van der Waals surface area (Å²) in [5, 5.41) is 29.4. The van der Waals surface area contributed by atoms with E-state index in [2.05, 4.69) is 10.6 Å². The van der Waals surface area contributed by atoms with Crippen molar-refractivity contribution in [1.29, 1.82) is 0 Å². The molecule has 2 aliphatic rings. The number of hydrogen-bond acceptors (Lipinski definition) is 10. The summed E-state index contributed by atoms with van der Waals surface area (Å²) in [6.07, 6.45) is -0.451. The van der Waals surface area contributed by atoms with E-state index < -0.39 is 27.4 Å². The number of carbonyl (C=O) groups is 2. The topological polar surface area (TPSA) is 166 Å². The van der Waals surface area contributed by atoms with Crippen LogP contribution < -0.4 is 15.4 Å². The highest BCUT2D eigenvalue weighted by Gasteiger charge is 2.34. The number of non-ortho nitro benzene ring substituents is 1. The van der Waals surface area contributed by atoms with Gasteiger partial charge in [0.25, 0.3) is 11.6 Å². The molecule has 2 aromatic carbocycles. The summed E-state index contributed by atoms with van der Waals surface area (Å²) in [4.78, 5) is 48.7. The number of anilines is 1. The first-order valence-electron chi connectivity index (χ1n) is 11.6. The molecule has 38 heavy (non-hydrogen) atoms. The van der Waals surface area contributed by atoms with Gasteiger partial charge >= 0.3 is 11.8 Å². The summed E-state index contributed by atoms with van der Waals surface area (Å²) in [7, 11) is 0. The van der Waals surface area contributed by atoms with Crippen molar-refractivity contribution in [2.45, 2.75) is 26.1 Å². The molecular formula is C24H21N5O8S. The molecular weight excluding hydrogens is 518 g/mol. The lowest BCUT2D eigenvalue weighted by molar-refractivity contribution is -0.394. The number of nitro groups is 2. The number of nitrogens with one attached hydrogen (secondary N) is 2. The Morgan fingerprint density at radius 3 is 2.71 bits per heavy atom. The number of hydrogen-bond donors (Lipinski definition) is 2. The zero-order valence-corrected chi connectivity index (χ0v) is 20.8. The molecule has 5 rings (SSSR count). The van der Waals surface area contributed by atoms with Gasteiger partial charge in [-0.15, -0.1) is 11.3 Å². The minimum Gasteiger partial charge on any atom is -0.450 e. The standard InChI is InChI=1S/C24H21N5O8S/c1-2-36-24(31)27-9-8-16-19(12-27)38-23-20(16)22(30)25-21(26-23)13-4-3-5-15(10-13)37-18-7-6-14(28(32)33)11-17(18)29(34)35/h3-7,10-11,21,26H,2,8-9,12H2,1H3,(H,25,30). The van der Waals surface area contributed by atoms with E-state index in [0.29, 0.717) is 35.6 Å². The molecule has 0 bridgehead atoms. The molecule has 3 heterocycles. The van der Waals surface area contributed by atoms with Gasteiger partial charge in [-0.3, -0.25) is 25.0 Å². The first-order chi connectivity index (χ1) is 18.2. The number of amides is 2. The van der Waals surface area contributed by atoms with Gasteiger partial charge in [-0.05, 0) is 42.7 Å². The quantitative estimate of drug-likeness (QED) is 0.333. The Kier molecular flexibility index (Phi) is 6.55. The molecule has 14 heteroatoms. The fourth-order valence-electron chi connectivity index (χ4n) is 4.39. The zero-order chi connectivity index (χ0) is 27.0. The molecule has 1 aromatic heterocycles. The number of fused-ring (bicyclic) bond motifs is 3. The molecule has 1 unspecified atom stereocenters. The lowest BCUT2D eigenvalue weighted by atomic mass is 10.0. The Labute approximate surface area is 219 Å². The van der Waals surface area contributed by atoms with Gasteiger partial charge in [0.1, 0.15) is 16.9 Å². The average molecular weight is 540 g/mol. The van der Waals surface area contributed by atoms with E-state index in [4.69, 9.17) is 9.47 Å². The highest BCUT2D eigenvalue weighted by Crippen LogP contribution is 2.41. The van der Waals surface area contributed by atoms with Crippen LogP contribution >= 0.6 is 11.3 Å². The normalized spacial score (nSPS) is 16.0. The number of thiophene rings is 1. The fraction of sp³-hybridized carbons (Fsp3) is 0.250. The Bertz CT molecular complexity index is 1470. The van der Waals surface area contributed by atoms with Gasteiger partial charge in [-0.1, -0.05) is 12.1 Å². The van der Waals surface area contributed by atoms with Crippen LogP contribution in [0.4, 0.5) is 21.2 Å². The molecule has 2 amide bonds. The molecule has 2 N–H and O–H groups in total. The van der Waals surface area contributed by atoms with Crippen LogP contribution in [0.3, 0.4) is 0 Å². The van der Waals surface area contributed by atoms with Crippen molar-refractivity contribution in [3.63, 3.8) is 0 Å². The number of benzene rings is 2. The highest BCUT2D eigenvalue weighted by atomic mass is 32.1. The number of rotatable bonds is 6. The molecule has 3 aromatic rings. The van der Waals surface area contributed by atoms with E-state index >= 15 is 0 Å². The van der Waals surface area contributed by atoms with Gasteiger partial charge in [0.2, 0.25) is 5.75 Å². The van der Waals surface area contributed by atoms with Gasteiger partial charge in [0.05, 0.1) is 34.6 Å². The van der Waals surface area contributed by atoms with Crippen molar-refractivity contribution in [3.8, 4) is 11.5 Å². The van der Waals surface area contributed by atoms with Crippen LogP contribution in [0.2, 0.25) is 0 Å². The predicted octanol–water partition coefficient (Wildman–Crippen LogP) is 4.73. The summed E-state index contributed by atoms with van der Waals surface area (Å²) >= 11 is 1.41. The van der Waals surface area contributed by atoms with E-state index in [1.807, 2.05) is 0 Å². The van der Waals surface area contributed by atoms with Gasteiger partial charge in [0, 0.05) is 17.5 Å². The smallest absolute Gasteiger partial charge is 0.410 e. The summed E-state index contributed by atoms with van der Waals surface area (Å²) in [6, 6.07) is 9.76. The van der Waals surface area contributed by atoms with E-state index in [-0.39, 0.29) is 30.1 Å². The average Bonchev–Trinajstić information content (AvgIpc) is 3.27. The van der Waals surface area contributed by atoms with Gasteiger partial charge in [-0.25, -0.2) is 4.79 Å². The summed E-state index contributed by atoms with van der Waals surface area (Å²) in [5.74, 6) is -0.155. The second-order valence-corrected chi connectivity index (χ2v) is 9.58. The Morgan fingerprint density at radius 2 is 1.97 bits per heavy atom. The highest BCUT2D eigenvalue weighted by molar-refractivity contribution is 7.16. The van der Waals surface area contributed by atoms with Crippen molar-refractivity contribution in [1.82, 2.24) is 10.2 Å². The minimum atomic E-state index is -0.752. The third-order valence-corrected chi connectivity index (χ3v) is 7.28. The monoisotopic (exact) mass is 539 g/mol. The first-order valence-corrected chi connectivity index (χ1v) is 12.4. The maximum absolute atomic E-state index is 13.1. The summed E-state index contributed by atoms with van der Waals surface area (Å²) in [5.41, 5.74) is 1.15. The first kappa shape index (κ1) is 25.0. The third-order valence-electron chi connectivity index (χ3n) is 6.13. The van der Waals surface area contributed by atoms with Crippen LogP contribution in [-0.4, -0.2) is 39.9 Å². The van der Waals surface area contributed by atoms with Crippen LogP contribution in [0.25, 0.3) is 0 Å². The van der Waals surface area contributed by atoms with Crippen molar-refractivity contribution >= 4 is 39.7 Å². The fourth-order valence-corrected chi connectivity index (χ4v) is 5.67. The predicted molar refractivity (Wildman–Crippen MR) is 136 cm³/mol. The Morgan fingerprint density at radius 1 is 1.16 bits per heavy atom. The second-order valence-electron chi connectivity index (χ2n) is 8.47. The molecule has 0 saturated carbocycles. The molecule has 1 atom stereocenters. The van der Waals surface area contributed by atoms with Crippen LogP contribution in [0.1, 0.15) is 39.5 Å². The minimum absolute atomic E-state index is 0.155. The van der Waals surface area contributed by atoms with Crippen molar-refractivity contribution in [3.05, 3.63) is 84.3 Å². The third kappa shape index (κ3) is 4.68. The van der Waals surface area contributed by atoms with Crippen molar-refractivity contribution < 1.29 is 28.9 Å². The lowest BCUT2D eigenvalue weighted by Crippen LogP contribution is -2.39. The molecule has 196 valence electrons. The number of nitrogens with zero attached hydrogens (tertiary/aromatic N) is 3. The van der Waals surface area contributed by atoms with Crippen molar-refractivity contribution in [2.24, 2.45) is 0 Å². The molecule has 13 nitrogen and oxygen atoms in total. The van der Waals surface area contributed by atoms with Crippen LogP contribution in [0.15, 0.2) is 42.5 Å². The molecule has 0 spiro atoms. The Balaban J connectivity index is 1.37. The molecule has 0 fully saturated rings. The molecule has 2 aliphatic heterocycles. The lowest BCUT2D eigenvalue weighted by Gasteiger charge is -2.28. The van der Waals surface area contributed by atoms with Crippen LogP contribution in [0, 0.1) is 20.2 Å². The van der Waals surface area contributed by atoms with Crippen LogP contribution in [-0.2, 0) is 17.7 Å². The van der Waals surface area contributed by atoms with E-state index in [9.17, 15) is 29.8 Å². The second kappa shape index (κ2) is 9.97. The summed E-state index contributed by atoms with van der Waals surface area (Å²) in [6.45, 7) is 2.86. The SMILES string of the molecule is CCOC(=O)N1CCc2c(sc3c2C(=O)NC(c2cccc(Oc4ccc([N+](=O)[O-])cc4[N+](=O)[O-])c2)N3)C1. The number of ether oxygens (including phenoxy) is 2. The molecule has 0 aliphatic carbocycles. The van der Waals surface area contributed by atoms with E-state index in [0.717, 1.165) is 22.6 Å². The van der Waals surface area contributed by atoms with Crippen molar-refractivity contribution in [2.75, 3.05) is 18.5 Å². The maximum atomic E-state index is 13.1. The zero-order valence-electron chi connectivity index (χ0n) is 20.0. The van der Waals surface area contributed by atoms with Gasteiger partial charge in [-0.2, -0.15) is 0 Å².